The molecule has 0 aliphatic heterocycles. The number of hydrogen-bond acceptors (Lipinski definition) is 4. The lowest BCUT2D eigenvalue weighted by molar-refractivity contribution is 0.0377. The smallest absolute Gasteiger partial charge is 0.251 e. The highest BCUT2D eigenvalue weighted by atomic mass is 32.2. The van der Waals surface area contributed by atoms with Gasteiger partial charge in [0.2, 0.25) is 10.0 Å². The van der Waals surface area contributed by atoms with Gasteiger partial charge in [-0.25, -0.2) is 13.1 Å². The first-order valence-electron chi connectivity index (χ1n) is 6.82. The van der Waals surface area contributed by atoms with Gasteiger partial charge in [-0.15, -0.1) is 0 Å². The van der Waals surface area contributed by atoms with Gasteiger partial charge < -0.3 is 10.4 Å². The first-order valence-corrected chi connectivity index (χ1v) is 8.30. The Kier molecular flexibility index (Phi) is 5.88. The number of hydrogen-bond donors (Lipinski definition) is 3. The molecule has 0 fully saturated rings. The van der Waals surface area contributed by atoms with E-state index < -0.39 is 15.6 Å². The number of aliphatic hydroxyl groups is 1. The summed E-state index contributed by atoms with van der Waals surface area (Å²) in [4.78, 5) is 11.5. The number of sulfonamides is 1. The molecule has 3 N–H and O–H groups in total. The molecule has 1 aromatic rings. The van der Waals surface area contributed by atoms with Crippen LogP contribution in [0.2, 0.25) is 0 Å². The Balaban J connectivity index is 2.86. The van der Waals surface area contributed by atoms with Crippen molar-refractivity contribution in [3.63, 3.8) is 0 Å². The number of carbonyl (C=O) groups is 1. The summed E-state index contributed by atoms with van der Waals surface area (Å²) in [5.41, 5.74) is -0.662. The predicted molar refractivity (Wildman–Crippen MR) is 80.6 cm³/mol. The standard InChI is InChI=1S/C14H22N2O4S/c1-4-14(18,5-2)10-16-21(19,20)12-8-6-11(7-9-12)13(17)15-3/h6-9,16,18H,4-5,10H2,1-3H3,(H,15,17). The van der Waals surface area contributed by atoms with Crippen LogP contribution in [0.3, 0.4) is 0 Å². The number of rotatable bonds is 7. The molecule has 0 atom stereocenters. The van der Waals surface area contributed by atoms with Crippen LogP contribution >= 0.6 is 0 Å². The minimum atomic E-state index is -3.70. The van der Waals surface area contributed by atoms with Gasteiger partial charge in [0.05, 0.1) is 10.5 Å². The maximum Gasteiger partial charge on any atom is 0.251 e. The van der Waals surface area contributed by atoms with Gasteiger partial charge in [0.15, 0.2) is 0 Å². The van der Waals surface area contributed by atoms with Crippen molar-refractivity contribution < 1.29 is 18.3 Å². The third-order valence-corrected chi connectivity index (χ3v) is 4.98. The minimum Gasteiger partial charge on any atom is -0.389 e. The highest BCUT2D eigenvalue weighted by molar-refractivity contribution is 7.89. The van der Waals surface area contributed by atoms with Gasteiger partial charge in [-0.2, -0.15) is 0 Å². The van der Waals surface area contributed by atoms with Crippen molar-refractivity contribution in [2.45, 2.75) is 37.2 Å². The third-order valence-electron chi connectivity index (χ3n) is 3.56. The molecule has 1 aromatic carbocycles. The first-order chi connectivity index (χ1) is 9.78. The van der Waals surface area contributed by atoms with Gasteiger partial charge in [0.1, 0.15) is 0 Å². The summed E-state index contributed by atoms with van der Waals surface area (Å²) >= 11 is 0. The average molecular weight is 314 g/mol. The van der Waals surface area contributed by atoms with Crippen LogP contribution in [-0.2, 0) is 10.0 Å². The lowest BCUT2D eigenvalue weighted by Gasteiger charge is -2.25. The zero-order valence-corrected chi connectivity index (χ0v) is 13.3. The average Bonchev–Trinajstić information content (AvgIpc) is 2.52. The van der Waals surface area contributed by atoms with Crippen molar-refractivity contribution in [3.05, 3.63) is 29.8 Å². The fourth-order valence-electron chi connectivity index (χ4n) is 1.74. The van der Waals surface area contributed by atoms with Gasteiger partial charge in [-0.05, 0) is 37.1 Å². The van der Waals surface area contributed by atoms with Crippen LogP contribution in [0.15, 0.2) is 29.2 Å². The summed E-state index contributed by atoms with van der Waals surface area (Å²) in [5, 5.41) is 12.6. The maximum absolute atomic E-state index is 12.1. The summed E-state index contributed by atoms with van der Waals surface area (Å²) in [6.45, 7) is 3.56. The quantitative estimate of drug-likeness (QED) is 0.696. The van der Waals surface area contributed by atoms with E-state index in [9.17, 15) is 18.3 Å². The van der Waals surface area contributed by atoms with Crippen LogP contribution in [-0.4, -0.2) is 38.6 Å². The summed E-state index contributed by atoms with van der Waals surface area (Å²) in [6.07, 6.45) is 0.920. The molecule has 0 aromatic heterocycles. The van der Waals surface area contributed by atoms with Gasteiger partial charge in [0, 0.05) is 19.2 Å². The Morgan fingerprint density at radius 2 is 1.71 bits per heavy atom. The zero-order chi connectivity index (χ0) is 16.1. The van der Waals surface area contributed by atoms with Crippen molar-refractivity contribution in [2.75, 3.05) is 13.6 Å². The molecule has 0 saturated heterocycles. The van der Waals surface area contributed by atoms with E-state index in [0.29, 0.717) is 18.4 Å². The van der Waals surface area contributed by atoms with Crippen molar-refractivity contribution in [3.8, 4) is 0 Å². The lowest BCUT2D eigenvalue weighted by Crippen LogP contribution is -2.41. The van der Waals surface area contributed by atoms with E-state index >= 15 is 0 Å². The first kappa shape index (κ1) is 17.6. The van der Waals surface area contributed by atoms with Crippen LogP contribution in [0.25, 0.3) is 0 Å². The predicted octanol–water partition coefficient (Wildman–Crippen LogP) is 0.876. The largest absolute Gasteiger partial charge is 0.389 e. The molecule has 1 rings (SSSR count). The molecule has 0 bridgehead atoms. The normalized spacial score (nSPS) is 12.2. The fraction of sp³-hybridized carbons (Fsp3) is 0.500. The molecule has 0 spiro atoms. The van der Waals surface area contributed by atoms with Crippen molar-refractivity contribution in [2.24, 2.45) is 0 Å². The van der Waals surface area contributed by atoms with E-state index in [4.69, 9.17) is 0 Å². The van der Waals surface area contributed by atoms with Crippen LogP contribution < -0.4 is 10.0 Å². The molecule has 0 saturated carbocycles. The van der Waals surface area contributed by atoms with Gasteiger partial charge in [-0.1, -0.05) is 13.8 Å². The summed E-state index contributed by atoms with van der Waals surface area (Å²) in [6, 6.07) is 5.62. The van der Waals surface area contributed by atoms with Crippen LogP contribution in [0.1, 0.15) is 37.0 Å². The molecular formula is C14H22N2O4S. The van der Waals surface area contributed by atoms with Crippen molar-refractivity contribution in [1.29, 1.82) is 0 Å². The monoisotopic (exact) mass is 314 g/mol. The topological polar surface area (TPSA) is 95.5 Å². The van der Waals surface area contributed by atoms with Gasteiger partial charge in [-0.3, -0.25) is 4.79 Å². The summed E-state index contributed by atoms with van der Waals surface area (Å²) < 4.78 is 26.7. The van der Waals surface area contributed by atoms with E-state index in [2.05, 4.69) is 10.0 Å². The highest BCUT2D eigenvalue weighted by Gasteiger charge is 2.25. The second-order valence-electron chi connectivity index (χ2n) is 4.86. The molecule has 0 aliphatic rings. The highest BCUT2D eigenvalue weighted by Crippen LogP contribution is 2.16. The summed E-state index contributed by atoms with van der Waals surface area (Å²) in [5.74, 6) is -0.279. The zero-order valence-electron chi connectivity index (χ0n) is 12.5. The molecule has 21 heavy (non-hydrogen) atoms. The van der Waals surface area contributed by atoms with E-state index in [0.717, 1.165) is 0 Å². The van der Waals surface area contributed by atoms with Gasteiger partial charge in [0.25, 0.3) is 5.91 Å². The number of benzene rings is 1. The molecule has 118 valence electrons. The number of nitrogens with one attached hydrogen (secondary N) is 2. The van der Waals surface area contributed by atoms with E-state index in [1.165, 1.54) is 31.3 Å². The SMILES string of the molecule is CCC(O)(CC)CNS(=O)(=O)c1ccc(C(=O)NC)cc1. The number of carbonyl (C=O) groups excluding carboxylic acids is 1. The molecule has 0 heterocycles. The Labute approximate surface area is 125 Å². The summed E-state index contributed by atoms with van der Waals surface area (Å²) in [7, 11) is -2.20. The van der Waals surface area contributed by atoms with Crippen LogP contribution in [0.5, 0.6) is 0 Å². The maximum atomic E-state index is 12.1. The molecule has 7 heteroatoms. The second kappa shape index (κ2) is 7.02. The lowest BCUT2D eigenvalue weighted by atomic mass is 9.98. The minimum absolute atomic E-state index is 0.0421. The molecule has 0 radical (unpaired) electrons. The number of amides is 1. The van der Waals surface area contributed by atoms with Crippen molar-refractivity contribution >= 4 is 15.9 Å². The molecule has 6 nitrogen and oxygen atoms in total. The van der Waals surface area contributed by atoms with Crippen LogP contribution in [0.4, 0.5) is 0 Å². The molecule has 0 aliphatic carbocycles. The Morgan fingerprint density at radius 3 is 2.14 bits per heavy atom. The van der Waals surface area contributed by atoms with E-state index in [1.807, 2.05) is 0 Å². The molecular weight excluding hydrogens is 292 g/mol. The molecule has 0 unspecified atom stereocenters. The Hall–Kier alpha value is -1.44. The van der Waals surface area contributed by atoms with E-state index in [-0.39, 0.29) is 17.3 Å². The van der Waals surface area contributed by atoms with Gasteiger partial charge >= 0.3 is 0 Å². The Bertz CT molecular complexity index is 577. The molecule has 1 amide bonds. The van der Waals surface area contributed by atoms with E-state index in [1.54, 1.807) is 13.8 Å². The Morgan fingerprint density at radius 1 is 1.19 bits per heavy atom. The van der Waals surface area contributed by atoms with Crippen LogP contribution in [0, 0.1) is 0 Å². The van der Waals surface area contributed by atoms with Crippen molar-refractivity contribution in [1.82, 2.24) is 10.0 Å². The fourth-order valence-corrected chi connectivity index (χ4v) is 2.86. The second-order valence-corrected chi connectivity index (χ2v) is 6.63. The third kappa shape index (κ3) is 4.52.